The fourth-order valence-corrected chi connectivity index (χ4v) is 1.58. The lowest BCUT2D eigenvalue weighted by molar-refractivity contribution is 0.294. The molecule has 0 bridgehead atoms. The predicted molar refractivity (Wildman–Crippen MR) is 69.9 cm³/mol. The lowest BCUT2D eigenvalue weighted by Gasteiger charge is -2.30. The molecule has 1 rings (SSSR count). The largest absolute Gasteiger partial charge is 0.497 e. The Hall–Kier alpha value is -1.51. The summed E-state index contributed by atoms with van der Waals surface area (Å²) in [6, 6.07) is 7.57. The molecule has 3 heteroatoms. The van der Waals surface area contributed by atoms with E-state index in [0.717, 1.165) is 11.3 Å². The minimum absolute atomic E-state index is 0.177. The van der Waals surface area contributed by atoms with Crippen LogP contribution in [0.4, 0.5) is 0 Å². The van der Waals surface area contributed by atoms with Gasteiger partial charge in [0, 0.05) is 11.0 Å². The van der Waals surface area contributed by atoms with Gasteiger partial charge in [-0.05, 0) is 30.2 Å². The maximum absolute atomic E-state index is 9.25. The van der Waals surface area contributed by atoms with Crippen LogP contribution < -0.4 is 4.74 Å². The van der Waals surface area contributed by atoms with Crippen molar-refractivity contribution in [1.82, 2.24) is 0 Å². The van der Waals surface area contributed by atoms with E-state index in [9.17, 15) is 5.21 Å². The van der Waals surface area contributed by atoms with Gasteiger partial charge in [0.25, 0.3) is 0 Å². The zero-order valence-electron chi connectivity index (χ0n) is 11.2. The number of hydrogen-bond donors (Lipinski definition) is 1. The monoisotopic (exact) mass is 235 g/mol. The fourth-order valence-electron chi connectivity index (χ4n) is 1.58. The van der Waals surface area contributed by atoms with Crippen molar-refractivity contribution in [2.24, 2.45) is 16.5 Å². The van der Waals surface area contributed by atoms with Crippen molar-refractivity contribution < 1.29 is 9.94 Å². The molecule has 0 unspecified atom stereocenters. The van der Waals surface area contributed by atoms with Crippen molar-refractivity contribution in [2.45, 2.75) is 27.7 Å². The van der Waals surface area contributed by atoms with E-state index in [1.54, 1.807) is 7.11 Å². The molecule has 0 atom stereocenters. The molecule has 3 nitrogen and oxygen atoms in total. The molecule has 1 aromatic rings. The molecule has 0 radical (unpaired) electrons. The van der Waals surface area contributed by atoms with Crippen LogP contribution in [0.1, 0.15) is 33.3 Å². The number of benzene rings is 1. The highest BCUT2D eigenvalue weighted by Crippen LogP contribution is 2.31. The third kappa shape index (κ3) is 2.78. The van der Waals surface area contributed by atoms with Gasteiger partial charge in [0.1, 0.15) is 5.75 Å². The predicted octanol–water partition coefficient (Wildman–Crippen LogP) is 3.56. The molecule has 0 spiro atoms. The number of oxime groups is 1. The quantitative estimate of drug-likeness (QED) is 0.492. The molecule has 0 fully saturated rings. The van der Waals surface area contributed by atoms with Gasteiger partial charge in [0.15, 0.2) is 0 Å². The molecule has 1 aromatic carbocycles. The Balaban J connectivity index is 3.11. The molecule has 0 amide bonds. The van der Waals surface area contributed by atoms with E-state index in [-0.39, 0.29) is 5.41 Å². The van der Waals surface area contributed by atoms with Gasteiger partial charge in [-0.1, -0.05) is 32.9 Å². The van der Waals surface area contributed by atoms with E-state index in [0.29, 0.717) is 11.6 Å². The summed E-state index contributed by atoms with van der Waals surface area (Å²) in [6.45, 7) is 8.40. The highest BCUT2D eigenvalue weighted by molar-refractivity contribution is 6.04. The topological polar surface area (TPSA) is 41.8 Å². The summed E-state index contributed by atoms with van der Waals surface area (Å²) in [4.78, 5) is 0. The van der Waals surface area contributed by atoms with Crippen molar-refractivity contribution >= 4 is 5.71 Å². The molecule has 0 aliphatic heterocycles. The second-order valence-electron chi connectivity index (χ2n) is 5.05. The van der Waals surface area contributed by atoms with Crippen molar-refractivity contribution in [3.8, 4) is 5.75 Å². The van der Waals surface area contributed by atoms with E-state index in [1.165, 1.54) is 0 Å². The first-order valence-electron chi connectivity index (χ1n) is 5.80. The van der Waals surface area contributed by atoms with Crippen molar-refractivity contribution in [3.05, 3.63) is 29.8 Å². The molecular formula is C14H21NO2. The lowest BCUT2D eigenvalue weighted by atomic mass is 9.74. The van der Waals surface area contributed by atoms with Crippen molar-refractivity contribution in [1.29, 1.82) is 0 Å². The number of ether oxygens (including phenoxy) is 1. The van der Waals surface area contributed by atoms with Crippen LogP contribution in [0, 0.1) is 11.3 Å². The molecule has 0 aliphatic rings. The van der Waals surface area contributed by atoms with Crippen molar-refractivity contribution in [3.63, 3.8) is 0 Å². The summed E-state index contributed by atoms with van der Waals surface area (Å²) in [5.74, 6) is 1.18. The zero-order valence-corrected chi connectivity index (χ0v) is 11.2. The van der Waals surface area contributed by atoms with Crippen LogP contribution in [0.2, 0.25) is 0 Å². The van der Waals surface area contributed by atoms with Crippen LogP contribution in [0.3, 0.4) is 0 Å². The highest BCUT2D eigenvalue weighted by Gasteiger charge is 2.30. The number of rotatable bonds is 4. The number of hydrogen-bond acceptors (Lipinski definition) is 3. The Kier molecular flexibility index (Phi) is 4.16. The van der Waals surface area contributed by atoms with Crippen LogP contribution in [-0.2, 0) is 0 Å². The summed E-state index contributed by atoms with van der Waals surface area (Å²) in [5.41, 5.74) is 1.45. The molecule has 17 heavy (non-hydrogen) atoms. The minimum Gasteiger partial charge on any atom is -0.497 e. The molecule has 94 valence electrons. The lowest BCUT2D eigenvalue weighted by Crippen LogP contribution is -2.30. The summed E-state index contributed by atoms with van der Waals surface area (Å²) in [6.07, 6.45) is 0. The van der Waals surface area contributed by atoms with Crippen LogP contribution in [0.5, 0.6) is 5.75 Å². The molecular weight excluding hydrogens is 214 g/mol. The Bertz CT molecular complexity index is 391. The molecule has 0 heterocycles. The van der Waals surface area contributed by atoms with Gasteiger partial charge in [-0.15, -0.1) is 0 Å². The van der Waals surface area contributed by atoms with Crippen LogP contribution >= 0.6 is 0 Å². The summed E-state index contributed by atoms with van der Waals surface area (Å²) in [7, 11) is 1.63. The third-order valence-corrected chi connectivity index (χ3v) is 3.52. The first kappa shape index (κ1) is 13.6. The second-order valence-corrected chi connectivity index (χ2v) is 5.05. The maximum atomic E-state index is 9.25. The van der Waals surface area contributed by atoms with Crippen molar-refractivity contribution in [2.75, 3.05) is 7.11 Å². The zero-order chi connectivity index (χ0) is 13.1. The highest BCUT2D eigenvalue weighted by atomic mass is 16.5. The van der Waals surface area contributed by atoms with Gasteiger partial charge >= 0.3 is 0 Å². The van der Waals surface area contributed by atoms with E-state index in [2.05, 4.69) is 32.9 Å². The average Bonchev–Trinajstić information content (AvgIpc) is 2.30. The number of nitrogens with zero attached hydrogens (tertiary/aromatic N) is 1. The summed E-state index contributed by atoms with van der Waals surface area (Å²) in [5, 5.41) is 12.7. The molecule has 0 saturated heterocycles. The standard InChI is InChI=1S/C14H21NO2/c1-10(2)14(3,4)13(15-16)11-6-8-12(17-5)9-7-11/h6-10,16H,1-5H3/b15-13+. The number of methoxy groups -OCH3 is 1. The van der Waals surface area contributed by atoms with Gasteiger partial charge in [0.2, 0.25) is 0 Å². The van der Waals surface area contributed by atoms with E-state index < -0.39 is 0 Å². The first-order valence-corrected chi connectivity index (χ1v) is 5.80. The molecule has 0 aromatic heterocycles. The van der Waals surface area contributed by atoms with E-state index in [1.807, 2.05) is 24.3 Å². The summed E-state index contributed by atoms with van der Waals surface area (Å²) >= 11 is 0. The second kappa shape index (κ2) is 5.21. The fraction of sp³-hybridized carbons (Fsp3) is 0.500. The van der Waals surface area contributed by atoms with Crippen LogP contribution in [-0.4, -0.2) is 18.0 Å². The average molecular weight is 235 g/mol. The van der Waals surface area contributed by atoms with E-state index >= 15 is 0 Å². The van der Waals surface area contributed by atoms with Gasteiger partial charge in [-0.25, -0.2) is 0 Å². The van der Waals surface area contributed by atoms with E-state index in [4.69, 9.17) is 4.74 Å². The first-order chi connectivity index (χ1) is 7.93. The smallest absolute Gasteiger partial charge is 0.118 e. The van der Waals surface area contributed by atoms with Crippen LogP contribution in [0.25, 0.3) is 0 Å². The minimum atomic E-state index is -0.177. The Morgan fingerprint density at radius 2 is 1.76 bits per heavy atom. The normalized spacial score (nSPS) is 12.9. The van der Waals surface area contributed by atoms with Gasteiger partial charge in [-0.2, -0.15) is 0 Å². The molecule has 0 saturated carbocycles. The molecule has 0 aliphatic carbocycles. The SMILES string of the molecule is COc1ccc(/C(=N\O)C(C)(C)C(C)C)cc1. The van der Waals surface area contributed by atoms with Crippen LogP contribution in [0.15, 0.2) is 29.4 Å². The third-order valence-electron chi connectivity index (χ3n) is 3.52. The van der Waals surface area contributed by atoms with Gasteiger partial charge < -0.3 is 9.94 Å². The maximum Gasteiger partial charge on any atom is 0.118 e. The Morgan fingerprint density at radius 1 is 1.24 bits per heavy atom. The van der Waals surface area contributed by atoms with Gasteiger partial charge in [0.05, 0.1) is 12.8 Å². The van der Waals surface area contributed by atoms with Gasteiger partial charge in [-0.3, -0.25) is 0 Å². The Labute approximate surface area is 103 Å². The summed E-state index contributed by atoms with van der Waals surface area (Å²) < 4.78 is 5.11. The molecule has 1 N–H and O–H groups in total. The Morgan fingerprint density at radius 3 is 2.12 bits per heavy atom.